The molecule has 1 N–H and O–H groups in total. The third-order valence-corrected chi connectivity index (χ3v) is 2.67. The molecule has 0 spiro atoms. The zero-order valence-electron chi connectivity index (χ0n) is 7.18. The van der Waals surface area contributed by atoms with E-state index in [1.807, 2.05) is 18.5 Å². The van der Waals surface area contributed by atoms with Crippen LogP contribution in [0.2, 0.25) is 0 Å². The van der Waals surface area contributed by atoms with Crippen LogP contribution in [0.4, 0.5) is 0 Å². The second-order valence-electron chi connectivity index (χ2n) is 2.98. The lowest BCUT2D eigenvalue weighted by Gasteiger charge is -1.98. The highest BCUT2D eigenvalue weighted by atomic mass is 32.1. The normalized spacial score (nSPS) is 10.5. The maximum absolute atomic E-state index is 8.87. The van der Waals surface area contributed by atoms with Gasteiger partial charge in [-0.3, -0.25) is 0 Å². The third-order valence-electron chi connectivity index (χ3n) is 1.94. The number of aliphatic hydroxyl groups is 1. The molecule has 0 aliphatic carbocycles. The lowest BCUT2D eigenvalue weighted by atomic mass is 10.3. The molecule has 0 saturated carbocycles. The summed E-state index contributed by atoms with van der Waals surface area (Å²) in [5.41, 5.74) is 2.28. The number of hydrogen-bond acceptors (Lipinski definition) is 2. The molecule has 3 heteroatoms. The predicted molar refractivity (Wildman–Crippen MR) is 53.8 cm³/mol. The molecule has 2 nitrogen and oxygen atoms in total. The van der Waals surface area contributed by atoms with Crippen LogP contribution in [0.25, 0.3) is 0 Å². The highest BCUT2D eigenvalue weighted by molar-refractivity contribution is 7.07. The van der Waals surface area contributed by atoms with Crippen LogP contribution in [-0.2, 0) is 13.2 Å². The van der Waals surface area contributed by atoms with E-state index in [4.69, 9.17) is 5.11 Å². The van der Waals surface area contributed by atoms with E-state index < -0.39 is 0 Å². The average molecular weight is 193 g/mol. The van der Waals surface area contributed by atoms with Crippen molar-refractivity contribution < 1.29 is 5.11 Å². The highest BCUT2D eigenvalue weighted by Crippen LogP contribution is 2.09. The molecule has 2 aromatic rings. The Morgan fingerprint density at radius 1 is 1.31 bits per heavy atom. The van der Waals surface area contributed by atoms with Gasteiger partial charge in [-0.15, -0.1) is 0 Å². The van der Waals surface area contributed by atoms with Crippen molar-refractivity contribution in [1.29, 1.82) is 0 Å². The Labute approximate surface area is 81.1 Å². The summed E-state index contributed by atoms with van der Waals surface area (Å²) in [6.45, 7) is 1.01. The van der Waals surface area contributed by atoms with E-state index in [1.165, 1.54) is 5.56 Å². The standard InChI is InChI=1S/C10H11NOS/c12-7-9-1-3-11(5-9)6-10-2-4-13-8-10/h1-5,8,12H,6-7H2. The Morgan fingerprint density at radius 3 is 2.85 bits per heavy atom. The minimum Gasteiger partial charge on any atom is -0.392 e. The SMILES string of the molecule is OCc1ccn(Cc2ccsc2)c1. The summed E-state index contributed by atoms with van der Waals surface area (Å²) in [4.78, 5) is 0. The molecule has 0 bridgehead atoms. The van der Waals surface area contributed by atoms with E-state index in [2.05, 4.69) is 21.4 Å². The van der Waals surface area contributed by atoms with E-state index in [0.29, 0.717) is 0 Å². The fourth-order valence-corrected chi connectivity index (χ4v) is 1.94. The van der Waals surface area contributed by atoms with E-state index >= 15 is 0 Å². The Balaban J connectivity index is 2.10. The first kappa shape index (κ1) is 8.53. The lowest BCUT2D eigenvalue weighted by Crippen LogP contribution is -1.94. The van der Waals surface area contributed by atoms with Crippen LogP contribution in [-0.4, -0.2) is 9.67 Å². The fourth-order valence-electron chi connectivity index (χ4n) is 1.28. The Hall–Kier alpha value is -1.06. The molecule has 0 saturated heterocycles. The van der Waals surface area contributed by atoms with Gasteiger partial charge in [0.1, 0.15) is 0 Å². The first-order chi connectivity index (χ1) is 6.38. The van der Waals surface area contributed by atoms with Crippen LogP contribution < -0.4 is 0 Å². The summed E-state index contributed by atoms with van der Waals surface area (Å²) in [6.07, 6.45) is 3.96. The summed E-state index contributed by atoms with van der Waals surface area (Å²) in [7, 11) is 0. The van der Waals surface area contributed by atoms with E-state index in [1.54, 1.807) is 11.3 Å². The Morgan fingerprint density at radius 2 is 2.23 bits per heavy atom. The Bertz CT molecular complexity index is 364. The zero-order chi connectivity index (χ0) is 9.10. The minimum atomic E-state index is 0.122. The smallest absolute Gasteiger partial charge is 0.0696 e. The summed E-state index contributed by atoms with van der Waals surface area (Å²) >= 11 is 1.71. The molecule has 13 heavy (non-hydrogen) atoms. The van der Waals surface area contributed by atoms with Gasteiger partial charge in [0.05, 0.1) is 6.61 Å². The van der Waals surface area contributed by atoms with Crippen molar-refractivity contribution in [3.8, 4) is 0 Å². The fraction of sp³-hybridized carbons (Fsp3) is 0.200. The van der Waals surface area contributed by atoms with Crippen LogP contribution in [0.15, 0.2) is 35.3 Å². The number of nitrogens with zero attached hydrogens (tertiary/aromatic N) is 1. The number of hydrogen-bond donors (Lipinski definition) is 1. The van der Waals surface area contributed by atoms with Gasteiger partial charge in [0, 0.05) is 18.9 Å². The summed E-state index contributed by atoms with van der Waals surface area (Å²) in [5, 5.41) is 13.1. The molecule has 0 aromatic carbocycles. The van der Waals surface area contributed by atoms with E-state index in [9.17, 15) is 0 Å². The van der Waals surface area contributed by atoms with Gasteiger partial charge in [-0.2, -0.15) is 11.3 Å². The summed E-state index contributed by atoms with van der Waals surface area (Å²) in [6, 6.07) is 4.05. The molecule has 68 valence electrons. The van der Waals surface area contributed by atoms with Crippen molar-refractivity contribution in [2.24, 2.45) is 0 Å². The average Bonchev–Trinajstić information content (AvgIpc) is 2.76. The van der Waals surface area contributed by atoms with Gasteiger partial charge in [-0.25, -0.2) is 0 Å². The predicted octanol–water partition coefficient (Wildman–Crippen LogP) is 2.09. The first-order valence-corrected chi connectivity index (χ1v) is 5.09. The molecule has 2 heterocycles. The molecule has 0 radical (unpaired) electrons. The summed E-state index contributed by atoms with van der Waals surface area (Å²) in [5.74, 6) is 0. The highest BCUT2D eigenvalue weighted by Gasteiger charge is 1.96. The molecular weight excluding hydrogens is 182 g/mol. The van der Waals surface area contributed by atoms with Crippen molar-refractivity contribution in [2.75, 3.05) is 0 Å². The summed E-state index contributed by atoms with van der Waals surface area (Å²) < 4.78 is 2.08. The van der Waals surface area contributed by atoms with Crippen molar-refractivity contribution >= 4 is 11.3 Å². The zero-order valence-corrected chi connectivity index (χ0v) is 8.00. The molecule has 0 atom stereocenters. The quantitative estimate of drug-likeness (QED) is 0.793. The van der Waals surface area contributed by atoms with Gasteiger partial charge in [-0.05, 0) is 34.0 Å². The second-order valence-corrected chi connectivity index (χ2v) is 3.76. The van der Waals surface area contributed by atoms with Crippen molar-refractivity contribution in [3.05, 3.63) is 46.4 Å². The molecule has 2 rings (SSSR count). The molecule has 0 unspecified atom stereocenters. The number of rotatable bonds is 3. The molecular formula is C10H11NOS. The van der Waals surface area contributed by atoms with Crippen LogP contribution in [0, 0.1) is 0 Å². The van der Waals surface area contributed by atoms with Gasteiger partial charge in [-0.1, -0.05) is 0 Å². The van der Waals surface area contributed by atoms with Gasteiger partial charge in [0.25, 0.3) is 0 Å². The van der Waals surface area contributed by atoms with Crippen LogP contribution in [0.1, 0.15) is 11.1 Å². The number of aromatic nitrogens is 1. The third kappa shape index (κ3) is 1.99. The molecule has 0 fully saturated rings. The monoisotopic (exact) mass is 193 g/mol. The molecule has 0 amide bonds. The van der Waals surface area contributed by atoms with Gasteiger partial charge < -0.3 is 9.67 Å². The minimum absolute atomic E-state index is 0.122. The molecule has 0 aliphatic rings. The van der Waals surface area contributed by atoms with Gasteiger partial charge >= 0.3 is 0 Å². The van der Waals surface area contributed by atoms with Crippen LogP contribution in [0.3, 0.4) is 0 Å². The number of thiophene rings is 1. The van der Waals surface area contributed by atoms with Crippen molar-refractivity contribution in [2.45, 2.75) is 13.2 Å². The topological polar surface area (TPSA) is 25.2 Å². The van der Waals surface area contributed by atoms with Gasteiger partial charge in [0.2, 0.25) is 0 Å². The van der Waals surface area contributed by atoms with Crippen molar-refractivity contribution in [3.63, 3.8) is 0 Å². The van der Waals surface area contributed by atoms with Crippen LogP contribution in [0.5, 0.6) is 0 Å². The molecule has 2 aromatic heterocycles. The Kier molecular flexibility index (Phi) is 2.47. The maximum Gasteiger partial charge on any atom is 0.0696 e. The van der Waals surface area contributed by atoms with E-state index in [0.717, 1.165) is 12.1 Å². The van der Waals surface area contributed by atoms with E-state index in [-0.39, 0.29) is 6.61 Å². The first-order valence-electron chi connectivity index (χ1n) is 4.15. The van der Waals surface area contributed by atoms with Gasteiger partial charge in [0.15, 0.2) is 0 Å². The van der Waals surface area contributed by atoms with Crippen molar-refractivity contribution in [1.82, 2.24) is 4.57 Å². The largest absolute Gasteiger partial charge is 0.392 e. The number of aliphatic hydroxyl groups excluding tert-OH is 1. The second kappa shape index (κ2) is 3.77. The maximum atomic E-state index is 8.87. The lowest BCUT2D eigenvalue weighted by molar-refractivity contribution is 0.282. The van der Waals surface area contributed by atoms with Crippen LogP contribution >= 0.6 is 11.3 Å². The molecule has 0 aliphatic heterocycles.